The van der Waals surface area contributed by atoms with Crippen molar-refractivity contribution in [3.63, 3.8) is 0 Å². The van der Waals surface area contributed by atoms with E-state index in [4.69, 9.17) is 9.47 Å². The number of hydrogen-bond donors (Lipinski definition) is 0. The minimum atomic E-state index is 0.102. The van der Waals surface area contributed by atoms with Crippen LogP contribution in [0.4, 0.5) is 5.69 Å². The maximum atomic E-state index is 12.5. The van der Waals surface area contributed by atoms with Crippen LogP contribution in [0.5, 0.6) is 11.5 Å². The van der Waals surface area contributed by atoms with Crippen LogP contribution in [0.3, 0.4) is 0 Å². The number of fused-ring (bicyclic) bond motifs is 1. The summed E-state index contributed by atoms with van der Waals surface area (Å²) < 4.78 is 11.1. The fourth-order valence-electron chi connectivity index (χ4n) is 3.03. The lowest BCUT2D eigenvalue weighted by Crippen LogP contribution is -2.30. The average molecular weight is 325 g/mol. The number of ether oxygens (including phenoxy) is 2. The van der Waals surface area contributed by atoms with E-state index in [1.807, 2.05) is 36.9 Å². The molecule has 0 radical (unpaired) electrons. The van der Waals surface area contributed by atoms with Crippen LogP contribution in [0.1, 0.15) is 23.1 Å². The molecule has 4 nitrogen and oxygen atoms in total. The molecule has 2 aromatic carbocycles. The van der Waals surface area contributed by atoms with Gasteiger partial charge in [0.1, 0.15) is 0 Å². The molecule has 4 heteroatoms. The van der Waals surface area contributed by atoms with E-state index >= 15 is 0 Å². The Hall–Kier alpha value is -2.49. The molecule has 0 spiro atoms. The Balaban J connectivity index is 1.61. The van der Waals surface area contributed by atoms with Gasteiger partial charge in [-0.3, -0.25) is 4.79 Å². The summed E-state index contributed by atoms with van der Waals surface area (Å²) in [5.74, 6) is 1.48. The molecule has 1 aliphatic heterocycles. The first-order valence-corrected chi connectivity index (χ1v) is 8.26. The van der Waals surface area contributed by atoms with Gasteiger partial charge in [0.2, 0.25) is 5.91 Å². The van der Waals surface area contributed by atoms with Crippen LogP contribution in [-0.2, 0) is 11.2 Å². The summed E-state index contributed by atoms with van der Waals surface area (Å²) in [7, 11) is 1.62. The Morgan fingerprint density at radius 3 is 2.62 bits per heavy atom. The van der Waals surface area contributed by atoms with Gasteiger partial charge >= 0.3 is 0 Å². The highest BCUT2D eigenvalue weighted by Crippen LogP contribution is 2.30. The molecule has 24 heavy (non-hydrogen) atoms. The molecule has 0 saturated heterocycles. The molecule has 0 N–H and O–H groups in total. The second kappa shape index (κ2) is 6.95. The summed E-state index contributed by atoms with van der Waals surface area (Å²) in [4.78, 5) is 14.4. The highest BCUT2D eigenvalue weighted by atomic mass is 16.5. The molecule has 0 aromatic heterocycles. The zero-order valence-corrected chi connectivity index (χ0v) is 14.5. The number of nitrogens with zero attached hydrogens (tertiary/aromatic N) is 1. The molecule has 1 heterocycles. The van der Waals surface area contributed by atoms with E-state index in [2.05, 4.69) is 18.2 Å². The third kappa shape index (κ3) is 3.37. The van der Waals surface area contributed by atoms with Gasteiger partial charge in [-0.2, -0.15) is 0 Å². The van der Waals surface area contributed by atoms with Crippen molar-refractivity contribution in [3.8, 4) is 11.5 Å². The molecular formula is C20H23NO3. The van der Waals surface area contributed by atoms with Crippen LogP contribution in [0.2, 0.25) is 0 Å². The lowest BCUT2D eigenvalue weighted by atomic mass is 10.1. The topological polar surface area (TPSA) is 38.8 Å². The number of carbonyl (C=O) groups is 1. The Kier molecular flexibility index (Phi) is 4.74. The quantitative estimate of drug-likeness (QED) is 0.842. The lowest BCUT2D eigenvalue weighted by molar-refractivity contribution is -0.119. The highest BCUT2D eigenvalue weighted by Gasteiger charge is 2.24. The number of rotatable bonds is 5. The second-order valence-corrected chi connectivity index (χ2v) is 6.18. The molecule has 3 rings (SSSR count). The van der Waals surface area contributed by atoms with E-state index in [0.29, 0.717) is 24.5 Å². The Morgan fingerprint density at radius 2 is 1.83 bits per heavy atom. The molecule has 126 valence electrons. The van der Waals surface area contributed by atoms with Gasteiger partial charge in [0.25, 0.3) is 0 Å². The van der Waals surface area contributed by atoms with Crippen molar-refractivity contribution in [1.82, 2.24) is 0 Å². The van der Waals surface area contributed by atoms with Gasteiger partial charge in [-0.1, -0.05) is 18.2 Å². The van der Waals surface area contributed by atoms with Gasteiger partial charge in [-0.15, -0.1) is 0 Å². The lowest BCUT2D eigenvalue weighted by Gasteiger charge is -2.18. The third-order valence-electron chi connectivity index (χ3n) is 4.33. The number of methoxy groups -OCH3 is 1. The first kappa shape index (κ1) is 16.4. The summed E-state index contributed by atoms with van der Waals surface area (Å²) >= 11 is 0. The largest absolute Gasteiger partial charge is 0.493 e. The Morgan fingerprint density at radius 1 is 1.08 bits per heavy atom. The van der Waals surface area contributed by atoms with Crippen molar-refractivity contribution in [2.45, 2.75) is 26.7 Å². The van der Waals surface area contributed by atoms with Crippen LogP contribution in [-0.4, -0.2) is 26.2 Å². The smallest absolute Gasteiger partial charge is 0.230 e. The molecule has 0 saturated carbocycles. The zero-order chi connectivity index (χ0) is 17.1. The van der Waals surface area contributed by atoms with E-state index < -0.39 is 0 Å². The standard InChI is InChI=1S/C20H23NO3/c1-14-4-6-16-8-10-21(17(16)12-14)20(22)9-11-24-18-7-5-15(2)13-19(18)23-3/h4-7,12-13H,8-11H2,1-3H3. The Labute approximate surface area is 143 Å². The maximum absolute atomic E-state index is 12.5. The number of anilines is 1. The van der Waals surface area contributed by atoms with Crippen molar-refractivity contribution >= 4 is 11.6 Å². The van der Waals surface area contributed by atoms with Crippen molar-refractivity contribution in [2.24, 2.45) is 0 Å². The first-order chi connectivity index (χ1) is 11.6. The van der Waals surface area contributed by atoms with Gasteiger partial charge in [0, 0.05) is 12.2 Å². The molecule has 1 amide bonds. The maximum Gasteiger partial charge on any atom is 0.230 e. The molecule has 0 aliphatic carbocycles. The number of benzene rings is 2. The molecular weight excluding hydrogens is 302 g/mol. The van der Waals surface area contributed by atoms with E-state index in [9.17, 15) is 4.79 Å². The van der Waals surface area contributed by atoms with Crippen LogP contribution in [0.15, 0.2) is 36.4 Å². The van der Waals surface area contributed by atoms with Crippen LogP contribution >= 0.6 is 0 Å². The molecule has 0 atom stereocenters. The fraction of sp³-hybridized carbons (Fsp3) is 0.350. The fourth-order valence-corrected chi connectivity index (χ4v) is 3.03. The molecule has 0 unspecified atom stereocenters. The Bertz CT molecular complexity index is 755. The minimum Gasteiger partial charge on any atom is -0.493 e. The van der Waals surface area contributed by atoms with E-state index in [0.717, 1.165) is 24.2 Å². The SMILES string of the molecule is COc1cc(C)ccc1OCCC(=O)N1CCc2ccc(C)cc21. The monoisotopic (exact) mass is 325 g/mol. The molecule has 1 aliphatic rings. The molecule has 0 fully saturated rings. The third-order valence-corrected chi connectivity index (χ3v) is 4.33. The number of amides is 1. The predicted octanol–water partition coefficient (Wildman–Crippen LogP) is 3.67. The van der Waals surface area contributed by atoms with Gasteiger partial charge in [0.05, 0.1) is 20.1 Å². The summed E-state index contributed by atoms with van der Waals surface area (Å²) in [6, 6.07) is 12.1. The number of hydrogen-bond acceptors (Lipinski definition) is 3. The number of carbonyl (C=O) groups excluding carboxylic acids is 1. The van der Waals surface area contributed by atoms with Crippen LogP contribution in [0, 0.1) is 13.8 Å². The summed E-state index contributed by atoms with van der Waals surface area (Å²) in [6.45, 7) is 5.15. The van der Waals surface area contributed by atoms with Gasteiger partial charge in [-0.05, 0) is 55.2 Å². The molecule has 2 aromatic rings. The van der Waals surface area contributed by atoms with Crippen LogP contribution in [0.25, 0.3) is 0 Å². The molecule has 0 bridgehead atoms. The second-order valence-electron chi connectivity index (χ2n) is 6.18. The van der Waals surface area contributed by atoms with Crippen molar-refractivity contribution < 1.29 is 14.3 Å². The average Bonchev–Trinajstić information content (AvgIpc) is 2.99. The first-order valence-electron chi connectivity index (χ1n) is 8.26. The van der Waals surface area contributed by atoms with Gasteiger partial charge < -0.3 is 14.4 Å². The predicted molar refractivity (Wildman–Crippen MR) is 95.1 cm³/mol. The summed E-state index contributed by atoms with van der Waals surface area (Å²) in [5.41, 5.74) is 4.58. The van der Waals surface area contributed by atoms with Gasteiger partial charge in [-0.25, -0.2) is 0 Å². The highest BCUT2D eigenvalue weighted by molar-refractivity contribution is 5.95. The summed E-state index contributed by atoms with van der Waals surface area (Å²) in [6.07, 6.45) is 1.28. The van der Waals surface area contributed by atoms with Crippen molar-refractivity contribution in [2.75, 3.05) is 25.2 Å². The van der Waals surface area contributed by atoms with E-state index in [1.54, 1.807) is 7.11 Å². The van der Waals surface area contributed by atoms with Gasteiger partial charge in [0.15, 0.2) is 11.5 Å². The van der Waals surface area contributed by atoms with E-state index in [1.165, 1.54) is 11.1 Å². The van der Waals surface area contributed by atoms with Crippen molar-refractivity contribution in [3.05, 3.63) is 53.1 Å². The normalized spacial score (nSPS) is 12.9. The number of aryl methyl sites for hydroxylation is 2. The van der Waals surface area contributed by atoms with Crippen molar-refractivity contribution in [1.29, 1.82) is 0 Å². The summed E-state index contributed by atoms with van der Waals surface area (Å²) in [5, 5.41) is 0. The minimum absolute atomic E-state index is 0.102. The zero-order valence-electron chi connectivity index (χ0n) is 14.5. The van der Waals surface area contributed by atoms with E-state index in [-0.39, 0.29) is 5.91 Å². The van der Waals surface area contributed by atoms with Crippen LogP contribution < -0.4 is 14.4 Å².